The molecule has 0 bridgehead atoms. The number of nitrogens with one attached hydrogen (secondary N) is 2. The zero-order chi connectivity index (χ0) is 18.0. The van der Waals surface area contributed by atoms with Gasteiger partial charge in [-0.1, -0.05) is 0 Å². The van der Waals surface area contributed by atoms with Gasteiger partial charge in [-0.15, -0.1) is 11.3 Å². The summed E-state index contributed by atoms with van der Waals surface area (Å²) >= 11 is 1.25. The Bertz CT molecular complexity index is 819. The molecule has 1 saturated heterocycles. The molecule has 2 aromatic heterocycles. The number of rotatable bonds is 4. The lowest BCUT2D eigenvalue weighted by atomic mass is 10.2. The van der Waals surface area contributed by atoms with Crippen LogP contribution in [0, 0.1) is 6.92 Å². The second kappa shape index (κ2) is 7.66. The van der Waals surface area contributed by atoms with E-state index in [1.807, 2.05) is 0 Å². The van der Waals surface area contributed by atoms with E-state index in [0.717, 1.165) is 13.1 Å². The summed E-state index contributed by atoms with van der Waals surface area (Å²) < 4.78 is 5.09. The van der Waals surface area contributed by atoms with Gasteiger partial charge >= 0.3 is 5.97 Å². The monoisotopic (exact) mass is 364 g/mol. The van der Waals surface area contributed by atoms with E-state index in [2.05, 4.69) is 11.9 Å². The van der Waals surface area contributed by atoms with E-state index in [1.165, 1.54) is 41.9 Å². The quantitative estimate of drug-likeness (QED) is 0.814. The van der Waals surface area contributed by atoms with Crippen LogP contribution in [0.1, 0.15) is 66.6 Å². The third-order valence-corrected chi connectivity index (χ3v) is 6.21. The molecule has 0 saturated carbocycles. The largest absolute Gasteiger partial charge is 0.462 e. The molecule has 0 unspecified atom stereocenters. The van der Waals surface area contributed by atoms with Gasteiger partial charge in [0.05, 0.1) is 25.1 Å². The minimum atomic E-state index is -0.379. The van der Waals surface area contributed by atoms with Crippen LogP contribution < -0.4 is 10.5 Å². The highest BCUT2D eigenvalue weighted by molar-refractivity contribution is 7.20. The average Bonchev–Trinajstić information content (AvgIpc) is 2.77. The maximum absolute atomic E-state index is 12.6. The van der Waals surface area contributed by atoms with Crippen LogP contribution in [0.2, 0.25) is 0 Å². The van der Waals surface area contributed by atoms with Crippen molar-refractivity contribution in [3.05, 3.63) is 26.6 Å². The lowest BCUT2D eigenvalue weighted by Gasteiger charge is -2.23. The summed E-state index contributed by atoms with van der Waals surface area (Å²) in [6.45, 7) is 8.22. The molecule has 1 aliphatic heterocycles. The SMILES string of the molecule is CCOC(=O)c1sc2nc([C@@H](C)[NH+]3CCCCCC3)[nH]c(=O)c2c1C. The van der Waals surface area contributed by atoms with Gasteiger partial charge in [-0.3, -0.25) is 4.79 Å². The smallest absolute Gasteiger partial charge is 0.348 e. The summed E-state index contributed by atoms with van der Waals surface area (Å²) in [7, 11) is 0. The number of aromatic nitrogens is 2. The zero-order valence-corrected chi connectivity index (χ0v) is 15.9. The van der Waals surface area contributed by atoms with Crippen molar-refractivity contribution in [2.24, 2.45) is 0 Å². The highest BCUT2D eigenvalue weighted by atomic mass is 32.1. The van der Waals surface area contributed by atoms with E-state index in [-0.39, 0.29) is 17.6 Å². The van der Waals surface area contributed by atoms with Crippen molar-refractivity contribution in [1.82, 2.24) is 9.97 Å². The molecule has 0 amide bonds. The maximum atomic E-state index is 12.6. The Balaban J connectivity index is 1.98. The number of likely N-dealkylation sites (tertiary alicyclic amines) is 1. The molecule has 1 aliphatic rings. The Morgan fingerprint density at radius 1 is 1.32 bits per heavy atom. The minimum Gasteiger partial charge on any atom is -0.462 e. The van der Waals surface area contributed by atoms with Gasteiger partial charge in [0.2, 0.25) is 0 Å². The van der Waals surface area contributed by atoms with Crippen molar-refractivity contribution in [3.8, 4) is 0 Å². The average molecular weight is 364 g/mol. The molecule has 2 N–H and O–H groups in total. The summed E-state index contributed by atoms with van der Waals surface area (Å²) in [6.07, 6.45) is 5.01. The predicted molar refractivity (Wildman–Crippen MR) is 98.5 cm³/mol. The number of carbonyl (C=O) groups is 1. The number of aryl methyl sites for hydroxylation is 1. The summed E-state index contributed by atoms with van der Waals surface area (Å²) in [4.78, 5) is 34.9. The molecule has 0 radical (unpaired) electrons. The molecule has 1 atom stereocenters. The van der Waals surface area contributed by atoms with Gasteiger partial charge in [0.25, 0.3) is 5.56 Å². The number of ether oxygens (including phenoxy) is 1. The standard InChI is InChI=1S/C18H25N3O3S/c1-4-24-18(23)14-11(2)13-16(22)19-15(20-17(13)25-14)12(3)21-9-7-5-6-8-10-21/h12H,4-10H2,1-3H3,(H,19,20,22)/p+1/t12-/m1/s1. The highest BCUT2D eigenvalue weighted by Gasteiger charge is 2.26. The van der Waals surface area contributed by atoms with E-state index in [0.29, 0.717) is 33.1 Å². The fraction of sp³-hybridized carbons (Fsp3) is 0.611. The molecule has 0 aliphatic carbocycles. The second-order valence-electron chi connectivity index (χ2n) is 6.70. The van der Waals surface area contributed by atoms with Gasteiger partial charge in [0.1, 0.15) is 15.7 Å². The zero-order valence-electron chi connectivity index (χ0n) is 15.1. The number of esters is 1. The van der Waals surface area contributed by atoms with E-state index < -0.39 is 0 Å². The van der Waals surface area contributed by atoms with Crippen LogP contribution in [-0.2, 0) is 4.74 Å². The van der Waals surface area contributed by atoms with Crippen molar-refractivity contribution < 1.29 is 14.4 Å². The molecular weight excluding hydrogens is 338 g/mol. The van der Waals surface area contributed by atoms with Gasteiger partial charge in [-0.05, 0) is 52.0 Å². The lowest BCUT2D eigenvalue weighted by molar-refractivity contribution is -0.929. The number of H-pyrrole nitrogens is 1. The van der Waals surface area contributed by atoms with Crippen LogP contribution >= 0.6 is 11.3 Å². The third-order valence-electron chi connectivity index (χ3n) is 5.05. The number of hydrogen-bond donors (Lipinski definition) is 2. The first-order valence-corrected chi connectivity index (χ1v) is 9.89. The topological polar surface area (TPSA) is 76.5 Å². The number of quaternary nitrogens is 1. The van der Waals surface area contributed by atoms with Gasteiger partial charge in [0, 0.05) is 0 Å². The van der Waals surface area contributed by atoms with Crippen LogP contribution in [0.15, 0.2) is 4.79 Å². The molecule has 3 rings (SSSR count). The number of aromatic amines is 1. The number of thiophene rings is 1. The first-order valence-electron chi connectivity index (χ1n) is 9.08. The molecule has 6 nitrogen and oxygen atoms in total. The number of nitrogens with zero attached hydrogens (tertiary/aromatic N) is 1. The van der Waals surface area contributed by atoms with E-state index in [9.17, 15) is 9.59 Å². The van der Waals surface area contributed by atoms with Crippen molar-refractivity contribution in [2.45, 2.75) is 52.5 Å². The van der Waals surface area contributed by atoms with Crippen molar-refractivity contribution in [2.75, 3.05) is 19.7 Å². The molecule has 2 aromatic rings. The van der Waals surface area contributed by atoms with Crippen molar-refractivity contribution in [3.63, 3.8) is 0 Å². The van der Waals surface area contributed by atoms with Gasteiger partial charge in [-0.2, -0.15) is 0 Å². The van der Waals surface area contributed by atoms with Gasteiger partial charge in [-0.25, -0.2) is 9.78 Å². The molecule has 1 fully saturated rings. The number of carbonyl (C=O) groups excluding carboxylic acids is 1. The second-order valence-corrected chi connectivity index (χ2v) is 7.70. The normalized spacial score (nSPS) is 17.4. The maximum Gasteiger partial charge on any atom is 0.348 e. The Hall–Kier alpha value is -1.73. The fourth-order valence-electron chi connectivity index (χ4n) is 3.57. The Kier molecular flexibility index (Phi) is 5.54. The predicted octanol–water partition coefficient (Wildman–Crippen LogP) is 1.99. The third kappa shape index (κ3) is 3.62. The molecule has 0 spiro atoms. The van der Waals surface area contributed by atoms with Crippen LogP contribution in [0.25, 0.3) is 10.2 Å². The summed E-state index contributed by atoms with van der Waals surface area (Å²) in [5.74, 6) is 0.334. The fourth-order valence-corrected chi connectivity index (χ4v) is 4.65. The Morgan fingerprint density at radius 3 is 2.64 bits per heavy atom. The van der Waals surface area contributed by atoms with Crippen LogP contribution in [-0.4, -0.2) is 35.6 Å². The van der Waals surface area contributed by atoms with E-state index in [1.54, 1.807) is 13.8 Å². The van der Waals surface area contributed by atoms with Crippen LogP contribution in [0.5, 0.6) is 0 Å². The summed E-state index contributed by atoms with van der Waals surface area (Å²) in [5, 5.41) is 0.509. The van der Waals surface area contributed by atoms with Gasteiger partial charge in [0.15, 0.2) is 5.82 Å². The molecule has 7 heteroatoms. The van der Waals surface area contributed by atoms with Crippen LogP contribution in [0.4, 0.5) is 0 Å². The van der Waals surface area contributed by atoms with Crippen molar-refractivity contribution >= 4 is 27.5 Å². The molecule has 0 aromatic carbocycles. The molecule has 3 heterocycles. The molecule has 25 heavy (non-hydrogen) atoms. The van der Waals surface area contributed by atoms with Gasteiger partial charge < -0.3 is 14.6 Å². The highest BCUT2D eigenvalue weighted by Crippen LogP contribution is 2.28. The first-order chi connectivity index (χ1) is 12.0. The Labute approximate surface area is 151 Å². The first kappa shape index (κ1) is 18.1. The summed E-state index contributed by atoms with van der Waals surface area (Å²) in [6, 6.07) is 0.142. The number of fused-ring (bicyclic) bond motifs is 1. The van der Waals surface area contributed by atoms with E-state index in [4.69, 9.17) is 9.72 Å². The molecular formula is C18H26N3O3S+. The minimum absolute atomic E-state index is 0.142. The Morgan fingerprint density at radius 2 is 2.00 bits per heavy atom. The van der Waals surface area contributed by atoms with Crippen LogP contribution in [0.3, 0.4) is 0 Å². The van der Waals surface area contributed by atoms with E-state index >= 15 is 0 Å². The number of hydrogen-bond acceptors (Lipinski definition) is 5. The summed E-state index contributed by atoms with van der Waals surface area (Å²) in [5.41, 5.74) is 0.499. The van der Waals surface area contributed by atoms with Crippen molar-refractivity contribution in [1.29, 1.82) is 0 Å². The molecule has 136 valence electrons. The lowest BCUT2D eigenvalue weighted by Crippen LogP contribution is -3.11.